The van der Waals surface area contributed by atoms with Crippen LogP contribution in [0.3, 0.4) is 0 Å². The molecule has 3 rings (SSSR count). The SMILES string of the molecule is Cc1ccc(OC2CCCN(S(=O)(=O)c3ccc(Cl)s3)C2)nn1. The lowest BCUT2D eigenvalue weighted by molar-refractivity contribution is 0.123. The number of sulfonamides is 1. The maximum Gasteiger partial charge on any atom is 0.252 e. The van der Waals surface area contributed by atoms with Gasteiger partial charge in [-0.1, -0.05) is 11.6 Å². The smallest absolute Gasteiger partial charge is 0.252 e. The fraction of sp³-hybridized carbons (Fsp3) is 0.429. The maximum absolute atomic E-state index is 12.6. The van der Waals surface area contributed by atoms with Crippen molar-refractivity contribution in [3.8, 4) is 5.88 Å². The summed E-state index contributed by atoms with van der Waals surface area (Å²) in [5, 5.41) is 7.91. The van der Waals surface area contributed by atoms with Crippen LogP contribution in [0, 0.1) is 6.92 Å². The van der Waals surface area contributed by atoms with Crippen LogP contribution in [0.15, 0.2) is 28.5 Å². The minimum Gasteiger partial charge on any atom is -0.472 e. The molecule has 1 aliphatic heterocycles. The van der Waals surface area contributed by atoms with Crippen LogP contribution in [0.1, 0.15) is 18.5 Å². The van der Waals surface area contributed by atoms with Gasteiger partial charge in [0.25, 0.3) is 10.0 Å². The van der Waals surface area contributed by atoms with Crippen molar-refractivity contribution in [3.63, 3.8) is 0 Å². The van der Waals surface area contributed by atoms with E-state index in [1.54, 1.807) is 12.1 Å². The zero-order valence-electron chi connectivity index (χ0n) is 12.5. The van der Waals surface area contributed by atoms with Gasteiger partial charge in [0, 0.05) is 12.6 Å². The molecule has 2 aromatic heterocycles. The number of ether oxygens (including phenoxy) is 1. The molecular weight excluding hydrogens is 358 g/mol. The highest BCUT2D eigenvalue weighted by Crippen LogP contribution is 2.30. The molecule has 6 nitrogen and oxygen atoms in total. The predicted octanol–water partition coefficient (Wildman–Crippen LogP) is 2.73. The zero-order chi connectivity index (χ0) is 16.4. The van der Waals surface area contributed by atoms with Crippen LogP contribution in [0.5, 0.6) is 5.88 Å². The van der Waals surface area contributed by atoms with E-state index in [1.165, 1.54) is 10.4 Å². The van der Waals surface area contributed by atoms with Gasteiger partial charge in [0.05, 0.1) is 16.6 Å². The number of hydrogen-bond acceptors (Lipinski definition) is 6. The number of nitrogens with zero attached hydrogens (tertiary/aromatic N) is 3. The Morgan fingerprint density at radius 3 is 2.78 bits per heavy atom. The number of aryl methyl sites for hydroxylation is 1. The molecule has 0 amide bonds. The molecule has 2 aromatic rings. The van der Waals surface area contributed by atoms with Gasteiger partial charge in [0.2, 0.25) is 5.88 Å². The van der Waals surface area contributed by atoms with Crippen molar-refractivity contribution in [3.05, 3.63) is 34.3 Å². The summed E-state index contributed by atoms with van der Waals surface area (Å²) in [7, 11) is -3.52. The Labute approximate surface area is 144 Å². The van der Waals surface area contributed by atoms with E-state index >= 15 is 0 Å². The molecule has 3 heterocycles. The van der Waals surface area contributed by atoms with E-state index in [0.29, 0.717) is 23.3 Å². The lowest BCUT2D eigenvalue weighted by atomic mass is 10.1. The molecule has 0 saturated carbocycles. The summed E-state index contributed by atoms with van der Waals surface area (Å²) < 4.78 is 33.2. The minimum absolute atomic E-state index is 0.231. The number of piperidine rings is 1. The summed E-state index contributed by atoms with van der Waals surface area (Å²) in [6, 6.07) is 6.69. The van der Waals surface area contributed by atoms with E-state index in [0.717, 1.165) is 29.9 Å². The first kappa shape index (κ1) is 16.6. The number of aromatic nitrogens is 2. The lowest BCUT2D eigenvalue weighted by Crippen LogP contribution is -2.44. The molecule has 23 heavy (non-hydrogen) atoms. The molecule has 9 heteroatoms. The van der Waals surface area contributed by atoms with Crippen LogP contribution in [-0.2, 0) is 10.0 Å². The first-order chi connectivity index (χ1) is 10.9. The molecule has 1 unspecified atom stereocenters. The first-order valence-corrected chi connectivity index (χ1v) is 9.81. The van der Waals surface area contributed by atoms with Crippen LogP contribution in [0.25, 0.3) is 0 Å². The largest absolute Gasteiger partial charge is 0.472 e. The van der Waals surface area contributed by atoms with Gasteiger partial charge in [-0.05, 0) is 38.0 Å². The molecule has 1 atom stereocenters. The highest BCUT2D eigenvalue weighted by atomic mass is 35.5. The monoisotopic (exact) mass is 373 g/mol. The topological polar surface area (TPSA) is 72.4 Å². The molecule has 1 fully saturated rings. The lowest BCUT2D eigenvalue weighted by Gasteiger charge is -2.31. The second-order valence-corrected chi connectivity index (χ2v) is 9.20. The average molecular weight is 374 g/mol. The van der Waals surface area contributed by atoms with Gasteiger partial charge in [-0.3, -0.25) is 0 Å². The molecule has 0 spiro atoms. The highest BCUT2D eigenvalue weighted by molar-refractivity contribution is 7.91. The van der Waals surface area contributed by atoms with Crippen molar-refractivity contribution in [2.45, 2.75) is 30.1 Å². The Morgan fingerprint density at radius 2 is 2.13 bits per heavy atom. The van der Waals surface area contributed by atoms with E-state index in [1.807, 2.05) is 13.0 Å². The van der Waals surface area contributed by atoms with Gasteiger partial charge < -0.3 is 4.74 Å². The molecule has 1 saturated heterocycles. The molecule has 0 aromatic carbocycles. The number of hydrogen-bond donors (Lipinski definition) is 0. The molecule has 0 aliphatic carbocycles. The molecule has 124 valence electrons. The van der Waals surface area contributed by atoms with E-state index < -0.39 is 10.0 Å². The van der Waals surface area contributed by atoms with E-state index in [2.05, 4.69) is 10.2 Å². The quantitative estimate of drug-likeness (QED) is 0.823. The van der Waals surface area contributed by atoms with Gasteiger partial charge in [-0.2, -0.15) is 9.40 Å². The van der Waals surface area contributed by atoms with Crippen molar-refractivity contribution in [1.82, 2.24) is 14.5 Å². The third-order valence-electron chi connectivity index (χ3n) is 3.54. The molecule has 0 bridgehead atoms. The third-order valence-corrected chi connectivity index (χ3v) is 7.11. The van der Waals surface area contributed by atoms with Crippen LogP contribution >= 0.6 is 22.9 Å². The van der Waals surface area contributed by atoms with Crippen molar-refractivity contribution < 1.29 is 13.2 Å². The normalized spacial score (nSPS) is 19.7. The van der Waals surface area contributed by atoms with Gasteiger partial charge in [0.15, 0.2) is 0 Å². The Hall–Kier alpha value is -1.22. The second-order valence-electron chi connectivity index (χ2n) is 5.32. The Morgan fingerprint density at radius 1 is 1.30 bits per heavy atom. The van der Waals surface area contributed by atoms with Crippen LogP contribution in [0.4, 0.5) is 0 Å². The summed E-state index contributed by atoms with van der Waals surface area (Å²) in [5.41, 5.74) is 0.805. The summed E-state index contributed by atoms with van der Waals surface area (Å²) >= 11 is 6.92. The Kier molecular flexibility index (Phi) is 4.86. The fourth-order valence-corrected chi connectivity index (χ4v) is 5.55. The molecular formula is C14H16ClN3O3S2. The van der Waals surface area contributed by atoms with Gasteiger partial charge >= 0.3 is 0 Å². The molecule has 0 N–H and O–H groups in total. The van der Waals surface area contributed by atoms with Gasteiger partial charge in [-0.25, -0.2) is 8.42 Å². The number of rotatable bonds is 4. The number of thiophene rings is 1. The summed E-state index contributed by atoms with van der Waals surface area (Å²) in [5.74, 6) is 0.416. The predicted molar refractivity (Wildman–Crippen MR) is 88.5 cm³/mol. The van der Waals surface area contributed by atoms with Crippen molar-refractivity contribution in [2.75, 3.05) is 13.1 Å². The zero-order valence-corrected chi connectivity index (χ0v) is 14.9. The highest BCUT2D eigenvalue weighted by Gasteiger charge is 2.32. The second kappa shape index (κ2) is 6.72. The first-order valence-electron chi connectivity index (χ1n) is 7.17. The van der Waals surface area contributed by atoms with Crippen molar-refractivity contribution in [1.29, 1.82) is 0 Å². The van der Waals surface area contributed by atoms with Crippen molar-refractivity contribution in [2.24, 2.45) is 0 Å². The Bertz CT molecular complexity index is 777. The van der Waals surface area contributed by atoms with Gasteiger partial charge in [-0.15, -0.1) is 16.4 Å². The van der Waals surface area contributed by atoms with E-state index in [-0.39, 0.29) is 10.3 Å². The summed E-state index contributed by atoms with van der Waals surface area (Å²) in [6.07, 6.45) is 1.29. The van der Waals surface area contributed by atoms with Crippen LogP contribution in [0.2, 0.25) is 4.34 Å². The maximum atomic E-state index is 12.6. The van der Waals surface area contributed by atoms with E-state index in [9.17, 15) is 8.42 Å². The van der Waals surface area contributed by atoms with Crippen LogP contribution in [-0.4, -0.2) is 42.1 Å². The summed E-state index contributed by atoms with van der Waals surface area (Å²) in [4.78, 5) is 0. The van der Waals surface area contributed by atoms with Gasteiger partial charge in [0.1, 0.15) is 10.3 Å². The standard InChI is InChI=1S/C14H16ClN3O3S2/c1-10-4-6-13(17-16-10)21-11-3-2-8-18(9-11)23(19,20)14-7-5-12(15)22-14/h4-7,11H,2-3,8-9H2,1H3. The van der Waals surface area contributed by atoms with Crippen LogP contribution < -0.4 is 4.74 Å². The average Bonchev–Trinajstić information content (AvgIpc) is 2.97. The number of halogens is 1. The fourth-order valence-electron chi connectivity index (χ4n) is 2.40. The van der Waals surface area contributed by atoms with E-state index in [4.69, 9.17) is 16.3 Å². The summed E-state index contributed by atoms with van der Waals surface area (Å²) in [6.45, 7) is 2.63. The van der Waals surface area contributed by atoms with Crippen molar-refractivity contribution >= 4 is 33.0 Å². The molecule has 1 aliphatic rings. The molecule has 0 radical (unpaired) electrons. The third kappa shape index (κ3) is 3.82. The minimum atomic E-state index is -3.52. The Balaban J connectivity index is 1.71.